The van der Waals surface area contributed by atoms with E-state index in [-0.39, 0.29) is 34.7 Å². The smallest absolute Gasteiger partial charge is 0.410 e. The molecule has 9 nitrogen and oxygen atoms in total. The highest BCUT2D eigenvalue weighted by molar-refractivity contribution is 7.90. The molecule has 2 aliphatic heterocycles. The minimum atomic E-state index is -3.58. The molecule has 2 unspecified atom stereocenters. The molecule has 1 saturated carbocycles. The zero-order valence-electron chi connectivity index (χ0n) is 21.6. The lowest BCUT2D eigenvalue weighted by molar-refractivity contribution is -0.266. The summed E-state index contributed by atoms with van der Waals surface area (Å²) in [4.78, 5) is 22.7. The summed E-state index contributed by atoms with van der Waals surface area (Å²) in [5.41, 5.74) is -2.44. The molecule has 3 aromatic rings. The molecule has 1 aromatic carbocycles. The van der Waals surface area contributed by atoms with E-state index < -0.39 is 45.9 Å². The third kappa shape index (κ3) is 4.27. The molecule has 1 aliphatic carbocycles. The minimum Gasteiger partial charge on any atom is -0.474 e. The van der Waals surface area contributed by atoms with Crippen LogP contribution in [0.4, 0.5) is 22.4 Å². The van der Waals surface area contributed by atoms with Crippen molar-refractivity contribution in [3.63, 3.8) is 0 Å². The summed E-state index contributed by atoms with van der Waals surface area (Å²) in [6.45, 7) is 0.748. The molecule has 1 amide bonds. The van der Waals surface area contributed by atoms with Gasteiger partial charge in [-0.3, -0.25) is 4.57 Å². The largest absolute Gasteiger partial charge is 0.474 e. The number of rotatable bonds is 5. The molecule has 2 aromatic heterocycles. The molecule has 6 rings (SSSR count). The SMILES string of the molecule is CC1(F)C(OC(=O)N2[C@H]3CC[C@H]2CC(Oc2ncnc4c2ccn4-c2ccc(S(C)(=O)=O)cc2F)C3)CC1(F)F. The number of ether oxygens (including phenoxy) is 2. The van der Waals surface area contributed by atoms with Crippen molar-refractivity contribution >= 4 is 27.0 Å². The number of alkyl halides is 3. The maximum absolute atomic E-state index is 14.9. The van der Waals surface area contributed by atoms with Crippen LogP contribution in [0.2, 0.25) is 0 Å². The highest BCUT2D eigenvalue weighted by atomic mass is 32.2. The summed E-state index contributed by atoms with van der Waals surface area (Å²) >= 11 is 0. The molecule has 4 atom stereocenters. The van der Waals surface area contributed by atoms with Crippen molar-refractivity contribution < 1.29 is 40.2 Å². The first-order chi connectivity index (χ1) is 18.8. The lowest BCUT2D eigenvalue weighted by Crippen LogP contribution is -2.65. The molecular weight excluding hydrogens is 556 g/mol. The molecule has 0 spiro atoms. The molecule has 2 bridgehead atoms. The van der Waals surface area contributed by atoms with Crippen molar-refractivity contribution in [3.05, 3.63) is 42.6 Å². The first-order valence-electron chi connectivity index (χ1n) is 12.8. The monoisotopic (exact) mass is 582 g/mol. The number of nitrogens with zero attached hydrogens (tertiary/aromatic N) is 4. The molecule has 3 fully saturated rings. The maximum atomic E-state index is 14.9. The molecule has 214 valence electrons. The number of carbonyl (C=O) groups is 1. The molecule has 14 heteroatoms. The normalized spacial score (nSPS) is 29.3. The van der Waals surface area contributed by atoms with Gasteiger partial charge in [-0.05, 0) is 44.0 Å². The van der Waals surface area contributed by atoms with Crippen LogP contribution in [-0.4, -0.2) is 76.1 Å². The predicted molar refractivity (Wildman–Crippen MR) is 134 cm³/mol. The van der Waals surface area contributed by atoms with E-state index in [0.717, 1.165) is 19.2 Å². The van der Waals surface area contributed by atoms with Gasteiger partial charge in [-0.1, -0.05) is 0 Å². The van der Waals surface area contributed by atoms with Crippen LogP contribution in [-0.2, 0) is 14.6 Å². The summed E-state index contributed by atoms with van der Waals surface area (Å²) in [6, 6.07) is 4.78. The van der Waals surface area contributed by atoms with E-state index in [1.54, 1.807) is 12.3 Å². The van der Waals surface area contributed by atoms with Crippen LogP contribution in [0.15, 0.2) is 41.7 Å². The number of benzene rings is 1. The first-order valence-corrected chi connectivity index (χ1v) is 14.7. The van der Waals surface area contributed by atoms with Crippen molar-refractivity contribution in [1.29, 1.82) is 0 Å². The van der Waals surface area contributed by atoms with Crippen LogP contribution in [0.1, 0.15) is 39.0 Å². The minimum absolute atomic E-state index is 0.102. The van der Waals surface area contributed by atoms with Gasteiger partial charge >= 0.3 is 6.09 Å². The highest BCUT2D eigenvalue weighted by Gasteiger charge is 2.69. The Bertz CT molecular complexity index is 1600. The van der Waals surface area contributed by atoms with Gasteiger partial charge < -0.3 is 14.4 Å². The van der Waals surface area contributed by atoms with E-state index >= 15 is 0 Å². The van der Waals surface area contributed by atoms with E-state index in [1.165, 1.54) is 27.9 Å². The quantitative estimate of drug-likeness (QED) is 0.405. The lowest BCUT2D eigenvalue weighted by Gasteiger charge is -2.47. The lowest BCUT2D eigenvalue weighted by atomic mass is 9.76. The molecule has 4 heterocycles. The molecule has 0 radical (unpaired) electrons. The highest BCUT2D eigenvalue weighted by Crippen LogP contribution is 2.51. The van der Waals surface area contributed by atoms with Crippen LogP contribution >= 0.6 is 0 Å². The third-order valence-corrected chi connectivity index (χ3v) is 9.35. The number of amides is 1. The standard InChI is InChI=1S/C26H26F4N4O5S/c1-25(28)21(12-26(25,29)30)39-24(35)34-14-3-4-15(34)10-16(9-14)38-23-18-7-8-33(22(18)31-13-32-23)20-6-5-17(11-19(20)27)40(2,36)37/h5-8,11,13-16,21H,3-4,9-10,12H2,1-2H3/t14-,15-,21?,25?/m0/s1. The second kappa shape index (κ2) is 9.05. The van der Waals surface area contributed by atoms with Gasteiger partial charge in [0.2, 0.25) is 11.5 Å². The van der Waals surface area contributed by atoms with Crippen LogP contribution < -0.4 is 4.74 Å². The Morgan fingerprint density at radius 3 is 2.40 bits per heavy atom. The average Bonchev–Trinajstić information content (AvgIpc) is 3.42. The second-order valence-electron chi connectivity index (χ2n) is 10.8. The van der Waals surface area contributed by atoms with E-state index in [4.69, 9.17) is 9.47 Å². The van der Waals surface area contributed by atoms with E-state index in [9.17, 15) is 30.8 Å². The zero-order valence-corrected chi connectivity index (χ0v) is 22.4. The number of hydrogen-bond donors (Lipinski definition) is 0. The number of sulfone groups is 1. The van der Waals surface area contributed by atoms with Crippen LogP contribution in [0.25, 0.3) is 16.7 Å². The van der Waals surface area contributed by atoms with E-state index in [2.05, 4.69) is 9.97 Å². The second-order valence-corrected chi connectivity index (χ2v) is 12.9. The Morgan fingerprint density at radius 2 is 1.80 bits per heavy atom. The Hall–Kier alpha value is -3.42. The van der Waals surface area contributed by atoms with Gasteiger partial charge in [0.25, 0.3) is 5.92 Å². The third-order valence-electron chi connectivity index (χ3n) is 8.24. The molecule has 40 heavy (non-hydrogen) atoms. The van der Waals surface area contributed by atoms with Gasteiger partial charge in [0.05, 0.1) is 22.4 Å². The molecule has 3 aliphatic rings. The summed E-state index contributed by atoms with van der Waals surface area (Å²) in [7, 11) is -3.58. The first kappa shape index (κ1) is 26.8. The number of halogens is 4. The van der Waals surface area contributed by atoms with Crippen LogP contribution in [0, 0.1) is 5.82 Å². The summed E-state index contributed by atoms with van der Waals surface area (Å²) in [5, 5.41) is 0.511. The predicted octanol–water partition coefficient (Wildman–Crippen LogP) is 4.61. The molecule has 0 N–H and O–H groups in total. The van der Waals surface area contributed by atoms with Crippen molar-refractivity contribution in [1.82, 2.24) is 19.4 Å². The Kier molecular flexibility index (Phi) is 6.06. The number of aromatic nitrogens is 3. The van der Waals surface area contributed by atoms with Gasteiger partial charge in [0.1, 0.15) is 24.4 Å². The number of hydrogen-bond acceptors (Lipinski definition) is 7. The van der Waals surface area contributed by atoms with Gasteiger partial charge in [-0.2, -0.15) is 0 Å². The van der Waals surface area contributed by atoms with Gasteiger partial charge in [0, 0.05) is 37.4 Å². The Labute approximate surface area is 227 Å². The zero-order chi connectivity index (χ0) is 28.6. The fraction of sp³-hybridized carbons (Fsp3) is 0.500. The van der Waals surface area contributed by atoms with Gasteiger partial charge in [-0.15, -0.1) is 0 Å². The number of fused-ring (bicyclic) bond motifs is 3. The maximum Gasteiger partial charge on any atom is 0.410 e. The van der Waals surface area contributed by atoms with Crippen molar-refractivity contribution in [2.45, 2.75) is 79.8 Å². The summed E-state index contributed by atoms with van der Waals surface area (Å²) in [6.07, 6.45) is 2.63. The summed E-state index contributed by atoms with van der Waals surface area (Å²) in [5.74, 6) is -4.00. The van der Waals surface area contributed by atoms with Gasteiger partial charge in [0.15, 0.2) is 15.5 Å². The Morgan fingerprint density at radius 1 is 1.10 bits per heavy atom. The summed E-state index contributed by atoms with van der Waals surface area (Å²) < 4.78 is 92.6. The van der Waals surface area contributed by atoms with E-state index in [0.29, 0.717) is 36.7 Å². The van der Waals surface area contributed by atoms with Crippen molar-refractivity contribution in [2.75, 3.05) is 6.26 Å². The average molecular weight is 583 g/mol. The van der Waals surface area contributed by atoms with E-state index in [1.807, 2.05) is 0 Å². The fourth-order valence-corrected chi connectivity index (χ4v) is 6.51. The topological polar surface area (TPSA) is 104 Å². The van der Waals surface area contributed by atoms with Gasteiger partial charge in [-0.25, -0.2) is 40.7 Å². The van der Waals surface area contributed by atoms with Crippen molar-refractivity contribution in [3.8, 4) is 11.6 Å². The van der Waals surface area contributed by atoms with Crippen LogP contribution in [0.3, 0.4) is 0 Å². The number of piperidine rings is 1. The van der Waals surface area contributed by atoms with Crippen LogP contribution in [0.5, 0.6) is 5.88 Å². The number of carbonyl (C=O) groups excluding carboxylic acids is 1. The Balaban J connectivity index is 1.17. The fourth-order valence-electron chi connectivity index (χ4n) is 5.87. The molecule has 2 saturated heterocycles. The van der Waals surface area contributed by atoms with Crippen molar-refractivity contribution in [2.24, 2.45) is 0 Å². The molecular formula is C26H26F4N4O5S.